The highest BCUT2D eigenvalue weighted by molar-refractivity contribution is 8.26. The van der Waals surface area contributed by atoms with Crippen molar-refractivity contribution in [3.8, 4) is 6.07 Å². The van der Waals surface area contributed by atoms with E-state index in [1.54, 1.807) is 32.2 Å². The monoisotopic (exact) mass is 484 g/mol. The molecule has 0 atom stereocenters. The number of ether oxygens (including phenoxy) is 1. The van der Waals surface area contributed by atoms with Gasteiger partial charge in [-0.25, -0.2) is 4.39 Å². The maximum absolute atomic E-state index is 13.2. The Morgan fingerprint density at radius 2 is 1.91 bits per heavy atom. The molecule has 0 radical (unpaired) electrons. The summed E-state index contributed by atoms with van der Waals surface area (Å²) >= 11 is 6.61. The first-order valence-electron chi connectivity index (χ1n) is 10.3. The smallest absolute Gasteiger partial charge is 0.270 e. The third kappa shape index (κ3) is 4.44. The number of thiocarbonyl (C=S) groups is 1. The van der Waals surface area contributed by atoms with Gasteiger partial charge >= 0.3 is 0 Å². The molecule has 33 heavy (non-hydrogen) atoms. The molecule has 4 rings (SSSR count). The number of carbonyl (C=O) groups excluding carboxylic acids is 1. The molecule has 0 saturated carbocycles. The van der Waals surface area contributed by atoms with Crippen LogP contribution < -0.4 is 10.5 Å². The van der Waals surface area contributed by atoms with E-state index in [4.69, 9.17) is 17.0 Å². The number of hydrogen-bond acceptors (Lipinski definition) is 7. The van der Waals surface area contributed by atoms with Gasteiger partial charge in [-0.3, -0.25) is 19.1 Å². The van der Waals surface area contributed by atoms with Gasteiger partial charge in [0, 0.05) is 25.7 Å². The number of aromatic nitrogens is 1. The van der Waals surface area contributed by atoms with E-state index in [-0.39, 0.29) is 29.4 Å². The summed E-state index contributed by atoms with van der Waals surface area (Å²) in [6.45, 7) is 4.16. The van der Waals surface area contributed by atoms with Crippen molar-refractivity contribution in [1.29, 1.82) is 5.26 Å². The number of rotatable bonds is 4. The Morgan fingerprint density at radius 1 is 1.24 bits per heavy atom. The maximum Gasteiger partial charge on any atom is 0.270 e. The van der Waals surface area contributed by atoms with Crippen molar-refractivity contribution in [2.45, 2.75) is 13.5 Å². The highest BCUT2D eigenvalue weighted by Crippen LogP contribution is 2.36. The number of amides is 1. The van der Waals surface area contributed by atoms with Gasteiger partial charge in [0.25, 0.3) is 11.5 Å². The molecular weight excluding hydrogens is 463 g/mol. The Balaban J connectivity index is 1.76. The Morgan fingerprint density at radius 3 is 2.55 bits per heavy atom. The first-order chi connectivity index (χ1) is 15.8. The Hall–Kier alpha value is -3.00. The minimum Gasteiger partial charge on any atom is -0.378 e. The number of anilines is 1. The van der Waals surface area contributed by atoms with Gasteiger partial charge in [0.15, 0.2) is 0 Å². The fourth-order valence-electron chi connectivity index (χ4n) is 3.91. The molecule has 7 nitrogen and oxygen atoms in total. The number of nitrogens with zero attached hydrogens (tertiary/aromatic N) is 4. The van der Waals surface area contributed by atoms with Crippen LogP contribution in [0.3, 0.4) is 0 Å². The summed E-state index contributed by atoms with van der Waals surface area (Å²) in [5.74, 6) is 0.0238. The summed E-state index contributed by atoms with van der Waals surface area (Å²) in [6, 6.07) is 7.92. The zero-order valence-corrected chi connectivity index (χ0v) is 19.8. The van der Waals surface area contributed by atoms with Gasteiger partial charge in [0.1, 0.15) is 27.6 Å². The van der Waals surface area contributed by atoms with E-state index in [1.165, 1.54) is 33.4 Å². The van der Waals surface area contributed by atoms with E-state index in [1.807, 2.05) is 11.0 Å². The second-order valence-electron chi connectivity index (χ2n) is 7.71. The molecule has 0 unspecified atom stereocenters. The largest absolute Gasteiger partial charge is 0.378 e. The summed E-state index contributed by atoms with van der Waals surface area (Å²) in [5.41, 5.74) is 1.58. The number of hydrogen-bond donors (Lipinski definition) is 0. The summed E-state index contributed by atoms with van der Waals surface area (Å²) in [4.78, 5) is 29.9. The molecule has 0 aliphatic carbocycles. The van der Waals surface area contributed by atoms with Gasteiger partial charge in [-0.2, -0.15) is 5.26 Å². The molecule has 0 N–H and O–H groups in total. The van der Waals surface area contributed by atoms with Crippen LogP contribution in [-0.2, 0) is 23.1 Å². The second kappa shape index (κ2) is 9.47. The topological polar surface area (TPSA) is 78.6 Å². The molecule has 2 aliphatic heterocycles. The summed E-state index contributed by atoms with van der Waals surface area (Å²) < 4.78 is 20.5. The van der Waals surface area contributed by atoms with E-state index in [9.17, 15) is 19.2 Å². The van der Waals surface area contributed by atoms with Crippen molar-refractivity contribution in [2.24, 2.45) is 7.05 Å². The van der Waals surface area contributed by atoms with Gasteiger partial charge in [-0.15, -0.1) is 0 Å². The van der Waals surface area contributed by atoms with Crippen LogP contribution in [0.1, 0.15) is 22.3 Å². The first-order valence-corrected chi connectivity index (χ1v) is 11.5. The van der Waals surface area contributed by atoms with Crippen LogP contribution in [0.5, 0.6) is 0 Å². The minimum atomic E-state index is -0.377. The minimum absolute atomic E-state index is 0.0440. The lowest BCUT2D eigenvalue weighted by Crippen LogP contribution is -2.40. The molecule has 0 spiro atoms. The molecule has 2 saturated heterocycles. The number of halogens is 1. The predicted octanol–water partition coefficient (Wildman–Crippen LogP) is 2.94. The molecule has 10 heteroatoms. The Labute approximate surface area is 200 Å². The van der Waals surface area contributed by atoms with E-state index in [0.717, 1.165) is 5.56 Å². The highest BCUT2D eigenvalue weighted by atomic mass is 32.2. The molecule has 2 aliphatic rings. The molecule has 2 aromatic rings. The molecule has 3 heterocycles. The van der Waals surface area contributed by atoms with Crippen molar-refractivity contribution >= 4 is 46.1 Å². The molecular formula is C23H21FN4O3S2. The third-order valence-corrected chi connectivity index (χ3v) is 7.06. The first kappa shape index (κ1) is 23.2. The van der Waals surface area contributed by atoms with Crippen LogP contribution in [0.4, 0.5) is 10.2 Å². The van der Waals surface area contributed by atoms with Crippen molar-refractivity contribution in [1.82, 2.24) is 9.47 Å². The quantitative estimate of drug-likeness (QED) is 0.488. The molecule has 170 valence electrons. The van der Waals surface area contributed by atoms with E-state index in [0.29, 0.717) is 52.5 Å². The summed E-state index contributed by atoms with van der Waals surface area (Å²) in [7, 11) is 1.63. The van der Waals surface area contributed by atoms with Gasteiger partial charge in [-0.05, 0) is 36.3 Å². The summed E-state index contributed by atoms with van der Waals surface area (Å²) in [6.07, 6.45) is 1.71. The number of morpholine rings is 1. The van der Waals surface area contributed by atoms with Crippen LogP contribution in [0.25, 0.3) is 6.08 Å². The standard InChI is InChI=1S/C23H21FN4O3S2/c1-14-17(20(27-7-9-31-10-8-27)26(2)21(29)18(14)12-25)11-19-22(30)28(23(32)33-19)13-15-3-5-16(24)6-4-15/h3-6,11H,7-10,13H2,1-2H3. The fraction of sp³-hybridized carbons (Fsp3) is 0.304. The van der Waals surface area contributed by atoms with E-state index in [2.05, 4.69) is 0 Å². The van der Waals surface area contributed by atoms with Gasteiger partial charge in [-0.1, -0.05) is 36.1 Å². The van der Waals surface area contributed by atoms with Crippen LogP contribution in [0.15, 0.2) is 34.0 Å². The van der Waals surface area contributed by atoms with Crippen molar-refractivity contribution in [2.75, 3.05) is 31.2 Å². The average Bonchev–Trinajstić information content (AvgIpc) is 3.07. The highest BCUT2D eigenvalue weighted by Gasteiger charge is 2.33. The van der Waals surface area contributed by atoms with Crippen molar-refractivity contribution < 1.29 is 13.9 Å². The predicted molar refractivity (Wildman–Crippen MR) is 129 cm³/mol. The van der Waals surface area contributed by atoms with Crippen LogP contribution in [-0.4, -0.2) is 46.0 Å². The second-order valence-corrected chi connectivity index (χ2v) is 9.38. The van der Waals surface area contributed by atoms with Crippen LogP contribution in [0, 0.1) is 24.1 Å². The number of carbonyl (C=O) groups is 1. The van der Waals surface area contributed by atoms with Gasteiger partial charge < -0.3 is 9.64 Å². The molecule has 1 amide bonds. The Kier molecular flexibility index (Phi) is 6.65. The van der Waals surface area contributed by atoms with Crippen molar-refractivity contribution in [3.63, 3.8) is 0 Å². The third-order valence-electron chi connectivity index (χ3n) is 5.68. The lowest BCUT2D eigenvalue weighted by atomic mass is 10.0. The van der Waals surface area contributed by atoms with Gasteiger partial charge in [0.05, 0.1) is 24.7 Å². The van der Waals surface area contributed by atoms with Crippen LogP contribution >= 0.6 is 24.0 Å². The molecule has 1 aromatic heterocycles. The molecule has 1 aromatic carbocycles. The lowest BCUT2D eigenvalue weighted by Gasteiger charge is -2.32. The van der Waals surface area contributed by atoms with E-state index < -0.39 is 0 Å². The number of thioether (sulfide) groups is 1. The number of nitriles is 1. The fourth-order valence-corrected chi connectivity index (χ4v) is 5.15. The Bertz CT molecular complexity index is 1260. The van der Waals surface area contributed by atoms with Gasteiger partial charge in [0.2, 0.25) is 0 Å². The van der Waals surface area contributed by atoms with Crippen molar-refractivity contribution in [3.05, 3.63) is 67.6 Å². The lowest BCUT2D eigenvalue weighted by molar-refractivity contribution is -0.122. The average molecular weight is 485 g/mol. The van der Waals surface area contributed by atoms with E-state index >= 15 is 0 Å². The molecule has 2 fully saturated rings. The maximum atomic E-state index is 13.2. The molecule has 0 bridgehead atoms. The number of benzene rings is 1. The van der Waals surface area contributed by atoms with Crippen LogP contribution in [0.2, 0.25) is 0 Å². The SMILES string of the molecule is Cc1c(C=C2SC(=S)N(Cc3ccc(F)cc3)C2=O)c(N2CCOCC2)n(C)c(=O)c1C#N. The zero-order chi connectivity index (χ0) is 23.7. The normalized spacial score (nSPS) is 17.7. The summed E-state index contributed by atoms with van der Waals surface area (Å²) in [5, 5.41) is 9.58. The zero-order valence-electron chi connectivity index (χ0n) is 18.1. The number of pyridine rings is 1.